The zero-order valence-electron chi connectivity index (χ0n) is 14.8. The standard InChI is InChI=1S/C18H23N3O3S/c1-13-5-6-17-15(11-13)12-16(14(2)19-17)18(22)20-7-4-8-21(10-9-20)25(3,23)24/h5-6,11-12H,4,7-10H2,1-3H3. The summed E-state index contributed by atoms with van der Waals surface area (Å²) in [6.45, 7) is 5.59. The summed E-state index contributed by atoms with van der Waals surface area (Å²) in [6, 6.07) is 7.88. The first-order valence-corrected chi connectivity index (χ1v) is 10.2. The van der Waals surface area contributed by atoms with E-state index in [0.29, 0.717) is 43.9 Å². The fourth-order valence-electron chi connectivity index (χ4n) is 3.21. The zero-order valence-corrected chi connectivity index (χ0v) is 15.6. The van der Waals surface area contributed by atoms with Crippen LogP contribution in [-0.4, -0.2) is 60.9 Å². The van der Waals surface area contributed by atoms with Crippen LogP contribution in [-0.2, 0) is 10.0 Å². The molecule has 0 bridgehead atoms. The quantitative estimate of drug-likeness (QED) is 0.820. The number of nitrogens with zero attached hydrogens (tertiary/aromatic N) is 3. The van der Waals surface area contributed by atoms with Crippen LogP contribution in [0.1, 0.15) is 28.0 Å². The number of fused-ring (bicyclic) bond motifs is 1. The normalized spacial score (nSPS) is 16.8. The summed E-state index contributed by atoms with van der Waals surface area (Å²) in [4.78, 5) is 19.3. The van der Waals surface area contributed by atoms with Gasteiger partial charge in [0.15, 0.2) is 0 Å². The van der Waals surface area contributed by atoms with Crippen molar-refractivity contribution in [2.45, 2.75) is 20.3 Å². The van der Waals surface area contributed by atoms with Crippen LogP contribution in [0.5, 0.6) is 0 Å². The molecule has 134 valence electrons. The molecule has 0 radical (unpaired) electrons. The Morgan fingerprint density at radius 3 is 2.56 bits per heavy atom. The lowest BCUT2D eigenvalue weighted by Crippen LogP contribution is -2.37. The van der Waals surface area contributed by atoms with E-state index in [4.69, 9.17) is 0 Å². The van der Waals surface area contributed by atoms with Crippen molar-refractivity contribution in [1.29, 1.82) is 0 Å². The first-order chi connectivity index (χ1) is 11.8. The molecule has 1 aliphatic rings. The molecule has 0 unspecified atom stereocenters. The second-order valence-electron chi connectivity index (χ2n) is 6.63. The van der Waals surface area contributed by atoms with Gasteiger partial charge in [-0.1, -0.05) is 11.6 Å². The maximum Gasteiger partial charge on any atom is 0.255 e. The number of pyridine rings is 1. The van der Waals surface area contributed by atoms with Gasteiger partial charge in [-0.3, -0.25) is 9.78 Å². The number of rotatable bonds is 2. The van der Waals surface area contributed by atoms with Gasteiger partial charge in [-0.25, -0.2) is 12.7 Å². The second-order valence-corrected chi connectivity index (χ2v) is 8.61. The van der Waals surface area contributed by atoms with E-state index in [1.807, 2.05) is 38.1 Å². The summed E-state index contributed by atoms with van der Waals surface area (Å²) in [7, 11) is -3.22. The highest BCUT2D eigenvalue weighted by atomic mass is 32.2. The molecular weight excluding hydrogens is 338 g/mol. The number of sulfonamides is 1. The first-order valence-electron chi connectivity index (χ1n) is 8.38. The second kappa shape index (κ2) is 6.72. The average molecular weight is 361 g/mol. The van der Waals surface area contributed by atoms with Crippen molar-refractivity contribution >= 4 is 26.8 Å². The highest BCUT2D eigenvalue weighted by Crippen LogP contribution is 2.20. The van der Waals surface area contributed by atoms with Crippen LogP contribution in [0.4, 0.5) is 0 Å². The van der Waals surface area contributed by atoms with E-state index in [2.05, 4.69) is 4.98 Å². The largest absolute Gasteiger partial charge is 0.337 e. The van der Waals surface area contributed by atoms with E-state index in [-0.39, 0.29) is 5.91 Å². The van der Waals surface area contributed by atoms with E-state index < -0.39 is 10.0 Å². The van der Waals surface area contributed by atoms with Gasteiger partial charge in [-0.15, -0.1) is 0 Å². The van der Waals surface area contributed by atoms with E-state index in [1.54, 1.807) is 4.90 Å². The Bertz CT molecular complexity index is 925. The maximum atomic E-state index is 13.0. The van der Waals surface area contributed by atoms with E-state index in [1.165, 1.54) is 10.6 Å². The molecule has 2 aromatic rings. The Hall–Kier alpha value is -1.99. The third-order valence-electron chi connectivity index (χ3n) is 4.60. The van der Waals surface area contributed by atoms with Gasteiger partial charge >= 0.3 is 0 Å². The number of hydrogen-bond acceptors (Lipinski definition) is 4. The van der Waals surface area contributed by atoms with Crippen LogP contribution in [0.2, 0.25) is 0 Å². The fourth-order valence-corrected chi connectivity index (χ4v) is 4.08. The third kappa shape index (κ3) is 3.82. The maximum absolute atomic E-state index is 13.0. The summed E-state index contributed by atoms with van der Waals surface area (Å²) in [6.07, 6.45) is 1.85. The van der Waals surface area contributed by atoms with Crippen molar-refractivity contribution in [3.63, 3.8) is 0 Å². The summed E-state index contributed by atoms with van der Waals surface area (Å²) >= 11 is 0. The fraction of sp³-hybridized carbons (Fsp3) is 0.444. The molecule has 0 aliphatic carbocycles. The number of amides is 1. The minimum Gasteiger partial charge on any atom is -0.337 e. The summed E-state index contributed by atoms with van der Waals surface area (Å²) < 4.78 is 24.9. The van der Waals surface area contributed by atoms with Gasteiger partial charge in [0.2, 0.25) is 10.0 Å². The minimum atomic E-state index is -3.22. The molecule has 0 atom stereocenters. The summed E-state index contributed by atoms with van der Waals surface area (Å²) in [5.74, 6) is -0.0799. The van der Waals surface area contributed by atoms with Gasteiger partial charge in [0.05, 0.1) is 23.0 Å². The number of hydrogen-bond donors (Lipinski definition) is 0. The Morgan fingerprint density at radius 1 is 1.08 bits per heavy atom. The molecule has 0 spiro atoms. The van der Waals surface area contributed by atoms with Crippen molar-refractivity contribution in [2.24, 2.45) is 0 Å². The molecule has 0 saturated carbocycles. The van der Waals surface area contributed by atoms with Crippen LogP contribution in [0.3, 0.4) is 0 Å². The van der Waals surface area contributed by atoms with Crippen LogP contribution in [0.25, 0.3) is 10.9 Å². The molecule has 1 aliphatic heterocycles. The minimum absolute atomic E-state index is 0.0799. The van der Waals surface area contributed by atoms with Gasteiger partial charge in [0.1, 0.15) is 0 Å². The number of benzene rings is 1. The predicted octanol–water partition coefficient (Wildman–Crippen LogP) is 1.96. The lowest BCUT2D eigenvalue weighted by Gasteiger charge is -2.22. The molecule has 6 nitrogen and oxygen atoms in total. The van der Waals surface area contributed by atoms with Crippen LogP contribution in [0, 0.1) is 13.8 Å². The highest BCUT2D eigenvalue weighted by Gasteiger charge is 2.25. The van der Waals surface area contributed by atoms with Gasteiger partial charge in [-0.2, -0.15) is 0 Å². The Balaban J connectivity index is 1.87. The topological polar surface area (TPSA) is 70.6 Å². The van der Waals surface area contributed by atoms with E-state index >= 15 is 0 Å². The van der Waals surface area contributed by atoms with Crippen molar-refractivity contribution in [3.05, 3.63) is 41.1 Å². The molecule has 1 aromatic heterocycles. The Labute approximate surface area is 148 Å². The molecule has 3 rings (SSSR count). The molecule has 1 amide bonds. The lowest BCUT2D eigenvalue weighted by atomic mass is 10.1. The first kappa shape index (κ1) is 17.8. The van der Waals surface area contributed by atoms with E-state index in [9.17, 15) is 13.2 Å². The van der Waals surface area contributed by atoms with Gasteiger partial charge in [0.25, 0.3) is 5.91 Å². The third-order valence-corrected chi connectivity index (χ3v) is 5.91. The van der Waals surface area contributed by atoms with Gasteiger partial charge in [0, 0.05) is 31.6 Å². The molecule has 7 heteroatoms. The number of carbonyl (C=O) groups is 1. The van der Waals surface area contributed by atoms with Crippen molar-refractivity contribution in [3.8, 4) is 0 Å². The number of aryl methyl sites for hydroxylation is 2. The lowest BCUT2D eigenvalue weighted by molar-refractivity contribution is 0.0763. The van der Waals surface area contributed by atoms with Crippen molar-refractivity contribution in [2.75, 3.05) is 32.4 Å². The summed E-state index contributed by atoms with van der Waals surface area (Å²) in [5, 5.41) is 0.946. The molecule has 1 aromatic carbocycles. The average Bonchev–Trinajstić information content (AvgIpc) is 2.80. The van der Waals surface area contributed by atoms with Crippen LogP contribution in [0.15, 0.2) is 24.3 Å². The summed E-state index contributed by atoms with van der Waals surface area (Å²) in [5.41, 5.74) is 3.28. The molecule has 0 N–H and O–H groups in total. The van der Waals surface area contributed by atoms with Gasteiger partial charge in [-0.05, 0) is 38.5 Å². The van der Waals surface area contributed by atoms with E-state index in [0.717, 1.165) is 16.5 Å². The van der Waals surface area contributed by atoms with Crippen molar-refractivity contribution in [1.82, 2.24) is 14.2 Å². The number of aromatic nitrogens is 1. The molecule has 1 fully saturated rings. The van der Waals surface area contributed by atoms with Crippen LogP contribution < -0.4 is 0 Å². The van der Waals surface area contributed by atoms with Crippen LogP contribution >= 0.6 is 0 Å². The molecule has 25 heavy (non-hydrogen) atoms. The monoisotopic (exact) mass is 361 g/mol. The zero-order chi connectivity index (χ0) is 18.2. The predicted molar refractivity (Wildman–Crippen MR) is 98.2 cm³/mol. The smallest absolute Gasteiger partial charge is 0.255 e. The number of carbonyl (C=O) groups excluding carboxylic acids is 1. The van der Waals surface area contributed by atoms with Crippen molar-refractivity contribution < 1.29 is 13.2 Å². The Morgan fingerprint density at radius 2 is 1.84 bits per heavy atom. The molecular formula is C18H23N3O3S. The van der Waals surface area contributed by atoms with Gasteiger partial charge < -0.3 is 4.90 Å². The Kier molecular flexibility index (Phi) is 4.79. The SMILES string of the molecule is Cc1ccc2nc(C)c(C(=O)N3CCCN(S(C)(=O)=O)CC3)cc2c1. The molecule has 2 heterocycles. The highest BCUT2D eigenvalue weighted by molar-refractivity contribution is 7.88. The molecule has 1 saturated heterocycles.